The van der Waals surface area contributed by atoms with Gasteiger partial charge < -0.3 is 10.2 Å². The number of rotatable bonds is 14. The van der Waals surface area contributed by atoms with Crippen molar-refractivity contribution in [2.24, 2.45) is 9.98 Å². The Bertz CT molecular complexity index is 1330. The van der Waals surface area contributed by atoms with E-state index in [-0.39, 0.29) is 10.8 Å². The SMILES string of the molecule is CCC(CC)(CC)c1cc(C(C)C)cc(C=Nc2ccccc2N=Cc2cc(C(C)C)cc(C(CC)(CC)CC)c2O)c1O. The highest BCUT2D eigenvalue weighted by molar-refractivity contribution is 5.90. The number of hydrogen-bond acceptors (Lipinski definition) is 4. The number of nitrogens with zero attached hydrogens (tertiary/aromatic N) is 2. The monoisotopic (exact) mass is 596 g/mol. The summed E-state index contributed by atoms with van der Waals surface area (Å²) >= 11 is 0. The van der Waals surface area contributed by atoms with Gasteiger partial charge in [-0.25, -0.2) is 0 Å². The van der Waals surface area contributed by atoms with Crippen LogP contribution in [0.25, 0.3) is 0 Å². The van der Waals surface area contributed by atoms with Crippen LogP contribution in [0.5, 0.6) is 11.5 Å². The second-order valence-electron chi connectivity index (χ2n) is 13.0. The molecule has 4 nitrogen and oxygen atoms in total. The number of aliphatic imine (C=N–C) groups is 2. The van der Waals surface area contributed by atoms with Crippen molar-refractivity contribution in [2.75, 3.05) is 0 Å². The van der Waals surface area contributed by atoms with Gasteiger partial charge in [0.25, 0.3) is 0 Å². The minimum absolute atomic E-state index is 0.0733. The standard InChI is InChI=1S/C40H56N2O2/c1-11-39(12-2,13-3)33-23-29(27(7)8)21-31(37(33)43)25-41-35-19-17-18-20-36(35)42-26-32-22-30(28(9)10)24-34(38(32)44)40(14-4,15-5)16-6/h17-28,43-44H,11-16H2,1-10H3. The van der Waals surface area contributed by atoms with E-state index in [1.165, 1.54) is 11.1 Å². The molecule has 0 fully saturated rings. The Labute approximate surface area is 267 Å². The van der Waals surface area contributed by atoms with E-state index >= 15 is 0 Å². The molecule has 0 aliphatic heterocycles. The molecule has 0 unspecified atom stereocenters. The number of phenolic OH excluding ortho intramolecular Hbond substituents is 2. The largest absolute Gasteiger partial charge is 0.507 e. The molecule has 0 saturated carbocycles. The van der Waals surface area contributed by atoms with Gasteiger partial charge in [0.1, 0.15) is 11.5 Å². The average Bonchev–Trinajstić information content (AvgIpc) is 3.03. The van der Waals surface area contributed by atoms with Crippen LogP contribution in [0, 0.1) is 0 Å². The van der Waals surface area contributed by atoms with E-state index in [9.17, 15) is 10.2 Å². The fourth-order valence-electron chi connectivity index (χ4n) is 6.64. The first-order valence-corrected chi connectivity index (χ1v) is 16.9. The van der Waals surface area contributed by atoms with Gasteiger partial charge in [0.15, 0.2) is 0 Å². The summed E-state index contributed by atoms with van der Waals surface area (Å²) in [4.78, 5) is 9.71. The summed E-state index contributed by atoms with van der Waals surface area (Å²) in [7, 11) is 0. The van der Waals surface area contributed by atoms with E-state index in [0.717, 1.165) is 60.8 Å². The predicted molar refractivity (Wildman–Crippen MR) is 190 cm³/mol. The van der Waals surface area contributed by atoms with Crippen molar-refractivity contribution >= 4 is 23.8 Å². The first-order valence-electron chi connectivity index (χ1n) is 16.9. The Balaban J connectivity index is 2.12. The van der Waals surface area contributed by atoms with Crippen LogP contribution in [0.1, 0.15) is 153 Å². The molecule has 0 saturated heterocycles. The lowest BCUT2D eigenvalue weighted by Gasteiger charge is -2.33. The lowest BCUT2D eigenvalue weighted by atomic mass is 9.72. The molecule has 3 rings (SSSR count). The van der Waals surface area contributed by atoms with Crippen LogP contribution in [-0.2, 0) is 10.8 Å². The van der Waals surface area contributed by atoms with Gasteiger partial charge in [-0.3, -0.25) is 9.98 Å². The van der Waals surface area contributed by atoms with Gasteiger partial charge in [-0.15, -0.1) is 0 Å². The van der Waals surface area contributed by atoms with Gasteiger partial charge in [-0.05, 0) is 96.6 Å². The molecule has 0 radical (unpaired) electrons. The molecule has 0 aliphatic carbocycles. The molecule has 44 heavy (non-hydrogen) atoms. The molecule has 3 aromatic carbocycles. The Kier molecular flexibility index (Phi) is 12.0. The molecule has 0 heterocycles. The molecular formula is C40H56N2O2. The van der Waals surface area contributed by atoms with Gasteiger partial charge in [-0.1, -0.05) is 93.5 Å². The molecular weight excluding hydrogens is 540 g/mol. The lowest BCUT2D eigenvalue weighted by Crippen LogP contribution is -2.24. The summed E-state index contributed by atoms with van der Waals surface area (Å²) in [5.74, 6) is 1.29. The second-order valence-corrected chi connectivity index (χ2v) is 13.0. The van der Waals surface area contributed by atoms with Crippen molar-refractivity contribution in [1.82, 2.24) is 0 Å². The number of benzene rings is 3. The molecule has 0 atom stereocenters. The van der Waals surface area contributed by atoms with Crippen molar-refractivity contribution in [3.05, 3.63) is 81.9 Å². The van der Waals surface area contributed by atoms with Crippen LogP contribution in [0.3, 0.4) is 0 Å². The highest BCUT2D eigenvalue weighted by Gasteiger charge is 2.32. The van der Waals surface area contributed by atoms with Crippen LogP contribution < -0.4 is 0 Å². The molecule has 0 bridgehead atoms. The molecule has 0 aromatic heterocycles. The fraction of sp³-hybridized carbons (Fsp3) is 0.500. The van der Waals surface area contributed by atoms with E-state index in [1.807, 2.05) is 24.3 Å². The van der Waals surface area contributed by atoms with Crippen LogP contribution in [-0.4, -0.2) is 22.6 Å². The third-order valence-electron chi connectivity index (χ3n) is 10.4. The lowest BCUT2D eigenvalue weighted by molar-refractivity contribution is 0.357. The average molecular weight is 597 g/mol. The second kappa shape index (κ2) is 15.1. The smallest absolute Gasteiger partial charge is 0.128 e. The van der Waals surface area contributed by atoms with E-state index < -0.39 is 0 Å². The van der Waals surface area contributed by atoms with Gasteiger partial charge >= 0.3 is 0 Å². The van der Waals surface area contributed by atoms with Crippen LogP contribution >= 0.6 is 0 Å². The summed E-state index contributed by atoms with van der Waals surface area (Å²) in [6.45, 7) is 22.0. The molecule has 3 aromatic rings. The van der Waals surface area contributed by atoms with Crippen molar-refractivity contribution in [1.29, 1.82) is 0 Å². The minimum atomic E-state index is -0.0733. The molecule has 4 heteroatoms. The zero-order valence-corrected chi connectivity index (χ0v) is 29.0. The van der Waals surface area contributed by atoms with Crippen LogP contribution in [0.2, 0.25) is 0 Å². The highest BCUT2D eigenvalue weighted by Crippen LogP contribution is 2.44. The normalized spacial score (nSPS) is 12.8. The Morgan fingerprint density at radius 2 is 0.886 bits per heavy atom. The van der Waals surface area contributed by atoms with Crippen molar-refractivity contribution in [3.8, 4) is 11.5 Å². The zero-order valence-electron chi connectivity index (χ0n) is 29.0. The summed E-state index contributed by atoms with van der Waals surface area (Å²) in [5.41, 5.74) is 7.15. The zero-order chi connectivity index (χ0) is 32.7. The van der Waals surface area contributed by atoms with Gasteiger partial charge in [0, 0.05) is 34.7 Å². The molecule has 0 amide bonds. The molecule has 0 aliphatic rings. The summed E-state index contributed by atoms with van der Waals surface area (Å²) in [6.07, 6.45) is 9.34. The number of phenols is 2. The summed E-state index contributed by atoms with van der Waals surface area (Å²) in [6, 6.07) is 16.3. The molecule has 2 N–H and O–H groups in total. The third kappa shape index (κ3) is 7.11. The highest BCUT2D eigenvalue weighted by atomic mass is 16.3. The predicted octanol–water partition coefficient (Wildman–Crippen LogP) is 11.8. The van der Waals surface area contributed by atoms with Crippen LogP contribution in [0.15, 0.2) is 58.5 Å². The van der Waals surface area contributed by atoms with Gasteiger partial charge in [0.05, 0.1) is 11.4 Å². The minimum Gasteiger partial charge on any atom is -0.507 e. The summed E-state index contributed by atoms with van der Waals surface area (Å²) in [5, 5.41) is 23.1. The maximum atomic E-state index is 11.5. The Morgan fingerprint density at radius 1 is 0.568 bits per heavy atom. The number of hydrogen-bond donors (Lipinski definition) is 2. The quantitative estimate of drug-likeness (QED) is 0.182. The third-order valence-corrected chi connectivity index (χ3v) is 10.4. The number of aromatic hydroxyl groups is 2. The van der Waals surface area contributed by atoms with Crippen molar-refractivity contribution < 1.29 is 10.2 Å². The van der Waals surface area contributed by atoms with Crippen LogP contribution in [0.4, 0.5) is 11.4 Å². The summed E-state index contributed by atoms with van der Waals surface area (Å²) < 4.78 is 0. The van der Waals surface area contributed by atoms with E-state index in [4.69, 9.17) is 9.98 Å². The maximum absolute atomic E-state index is 11.5. The van der Waals surface area contributed by atoms with E-state index in [1.54, 1.807) is 12.4 Å². The molecule has 0 spiro atoms. The first-order chi connectivity index (χ1) is 21.0. The maximum Gasteiger partial charge on any atom is 0.128 e. The van der Waals surface area contributed by atoms with Gasteiger partial charge in [-0.2, -0.15) is 0 Å². The van der Waals surface area contributed by atoms with E-state index in [2.05, 4.69) is 93.5 Å². The van der Waals surface area contributed by atoms with E-state index in [0.29, 0.717) is 34.7 Å². The van der Waals surface area contributed by atoms with Gasteiger partial charge in [0.2, 0.25) is 0 Å². The first kappa shape index (κ1) is 35.1. The van der Waals surface area contributed by atoms with Crippen molar-refractivity contribution in [3.63, 3.8) is 0 Å². The Hall–Kier alpha value is -3.40. The fourth-order valence-corrected chi connectivity index (χ4v) is 6.64. The molecule has 238 valence electrons. The number of para-hydroxylation sites is 2. The Morgan fingerprint density at radius 3 is 1.16 bits per heavy atom. The topological polar surface area (TPSA) is 65.2 Å². The van der Waals surface area contributed by atoms with Crippen molar-refractivity contribution in [2.45, 2.75) is 130 Å².